The van der Waals surface area contributed by atoms with Crippen LogP contribution in [-0.4, -0.2) is 29.1 Å². The van der Waals surface area contributed by atoms with Gasteiger partial charge in [0.05, 0.1) is 5.69 Å². The highest BCUT2D eigenvalue weighted by Gasteiger charge is 2.70. The van der Waals surface area contributed by atoms with Crippen LogP contribution in [0.2, 0.25) is 0 Å². The van der Waals surface area contributed by atoms with Crippen LogP contribution >= 0.6 is 0 Å². The molecule has 1 aromatic carbocycles. The van der Waals surface area contributed by atoms with E-state index in [1.807, 2.05) is 0 Å². The molecule has 0 spiro atoms. The van der Waals surface area contributed by atoms with Crippen LogP contribution in [-0.2, 0) is 0 Å². The second kappa shape index (κ2) is 6.73. The lowest BCUT2D eigenvalue weighted by atomic mass is 9.94. The number of hydrogen-bond donors (Lipinski definition) is 3. The topological polar surface area (TPSA) is 87.7 Å². The molecule has 1 aromatic rings. The summed E-state index contributed by atoms with van der Waals surface area (Å²) < 4.78 is 77.3. The lowest BCUT2D eigenvalue weighted by Gasteiger charge is -2.37. The van der Waals surface area contributed by atoms with Crippen LogP contribution in [0.3, 0.4) is 0 Å². The molecular weight excluding hydrogens is 348 g/mol. The van der Waals surface area contributed by atoms with Crippen molar-refractivity contribution in [3.63, 3.8) is 0 Å². The fourth-order valence-corrected chi connectivity index (χ4v) is 1.82. The van der Waals surface area contributed by atoms with Crippen molar-refractivity contribution < 1.29 is 36.3 Å². The van der Waals surface area contributed by atoms with Gasteiger partial charge in [0.1, 0.15) is 0 Å². The molecule has 0 saturated heterocycles. The zero-order chi connectivity index (χ0) is 18.8. The van der Waals surface area contributed by atoms with Gasteiger partial charge in [0.15, 0.2) is 0 Å². The summed E-state index contributed by atoms with van der Waals surface area (Å²) in [6.07, 6.45) is -13.0. The Hall–Kier alpha value is -2.21. The molecule has 0 aliphatic heterocycles. The van der Waals surface area contributed by atoms with Crippen molar-refractivity contribution in [2.75, 3.05) is 10.5 Å². The van der Waals surface area contributed by atoms with Crippen LogP contribution in [0.25, 0.3) is 0 Å². The van der Waals surface area contributed by atoms with E-state index in [1.165, 1.54) is 0 Å². The van der Waals surface area contributed by atoms with Gasteiger partial charge in [-0.3, -0.25) is 5.21 Å². The number of halogens is 6. The van der Waals surface area contributed by atoms with Gasteiger partial charge in [-0.15, -0.1) is 0 Å². The van der Waals surface area contributed by atoms with E-state index in [4.69, 9.17) is 5.21 Å². The lowest BCUT2D eigenvalue weighted by Crippen LogP contribution is -2.67. The molecule has 0 aliphatic rings. The number of nitrogens with one attached hydrogen (secondary N) is 2. The van der Waals surface area contributed by atoms with Gasteiger partial charge in [0, 0.05) is 5.69 Å². The second-order valence-corrected chi connectivity index (χ2v) is 4.65. The summed E-state index contributed by atoms with van der Waals surface area (Å²) in [6.45, 7) is 0.639. The Morgan fingerprint density at radius 2 is 1.58 bits per heavy atom. The zero-order valence-electron chi connectivity index (χ0n) is 12.0. The van der Waals surface area contributed by atoms with Gasteiger partial charge in [-0.25, -0.2) is 4.79 Å². The molecule has 0 aliphatic carbocycles. The number of carbonyl (C=O) groups excluding carboxylic acids is 1. The predicted molar refractivity (Wildman–Crippen MR) is 71.4 cm³/mol. The van der Waals surface area contributed by atoms with Crippen molar-refractivity contribution in [3.05, 3.63) is 29.5 Å². The van der Waals surface area contributed by atoms with Crippen LogP contribution < -0.4 is 15.9 Å². The van der Waals surface area contributed by atoms with Crippen molar-refractivity contribution in [2.45, 2.75) is 31.2 Å². The molecule has 136 valence electrons. The van der Waals surface area contributed by atoms with E-state index in [0.29, 0.717) is 6.92 Å². The maximum absolute atomic E-state index is 12.9. The third-order valence-electron chi connectivity index (χ3n) is 3.17. The van der Waals surface area contributed by atoms with Crippen molar-refractivity contribution in [2.24, 2.45) is 0 Å². The first-order chi connectivity index (χ1) is 10.8. The molecule has 0 fully saturated rings. The van der Waals surface area contributed by atoms with Crippen LogP contribution in [0.5, 0.6) is 0 Å². The van der Waals surface area contributed by atoms with Crippen LogP contribution in [0.1, 0.15) is 13.3 Å². The first-order valence-electron chi connectivity index (χ1n) is 6.33. The minimum Gasteiger partial charge on any atom is -0.733 e. The van der Waals surface area contributed by atoms with Crippen molar-refractivity contribution in [1.29, 1.82) is 0 Å². The molecule has 3 N–H and O–H groups in total. The number of hydrogen-bond acceptors (Lipinski definition) is 4. The average Bonchev–Trinajstić information content (AvgIpc) is 2.42. The molecule has 0 unspecified atom stereocenters. The third kappa shape index (κ3) is 4.00. The van der Waals surface area contributed by atoms with E-state index in [1.54, 1.807) is 5.32 Å². The highest BCUT2D eigenvalue weighted by Crippen LogP contribution is 2.45. The Kier molecular flexibility index (Phi) is 5.56. The van der Waals surface area contributed by atoms with Gasteiger partial charge in [-0.1, -0.05) is 6.92 Å². The van der Waals surface area contributed by atoms with E-state index in [0.717, 1.165) is 29.6 Å². The monoisotopic (exact) mass is 360 g/mol. The number of amides is 2. The highest BCUT2D eigenvalue weighted by molar-refractivity contribution is 5.90. The molecule has 1 rings (SSSR count). The number of benzene rings is 1. The third-order valence-corrected chi connectivity index (χ3v) is 3.17. The first-order valence-corrected chi connectivity index (χ1v) is 6.33. The highest BCUT2D eigenvalue weighted by atomic mass is 19.4. The summed E-state index contributed by atoms with van der Waals surface area (Å²) in [5, 5.41) is 21.3. The largest absolute Gasteiger partial charge is 0.733 e. The fraction of sp³-hybridized carbons (Fsp3) is 0.417. The molecule has 6 nitrogen and oxygen atoms in total. The summed E-state index contributed by atoms with van der Waals surface area (Å²) in [5.41, 5.74) is -4.84. The van der Waals surface area contributed by atoms with Crippen LogP contribution in [0.4, 0.5) is 42.5 Å². The van der Waals surface area contributed by atoms with E-state index in [9.17, 15) is 36.3 Å². The molecular formula is C12H12F6N3O3-. The molecule has 0 radical (unpaired) electrons. The zero-order valence-corrected chi connectivity index (χ0v) is 12.0. The summed E-state index contributed by atoms with van der Waals surface area (Å²) in [4.78, 5) is 11.6. The van der Waals surface area contributed by atoms with Gasteiger partial charge < -0.3 is 21.1 Å². The molecule has 0 atom stereocenters. The molecule has 12 heteroatoms. The SMILES string of the molecule is CCC(NC(=O)Nc1ccc(N([O-])O)cc1)(C(F)(F)F)C(F)(F)F. The maximum atomic E-state index is 12.9. The fourth-order valence-electron chi connectivity index (χ4n) is 1.82. The molecule has 0 aromatic heterocycles. The van der Waals surface area contributed by atoms with Crippen molar-refractivity contribution in [1.82, 2.24) is 5.32 Å². The predicted octanol–water partition coefficient (Wildman–Crippen LogP) is 3.77. The van der Waals surface area contributed by atoms with Crippen LogP contribution in [0.15, 0.2) is 24.3 Å². The summed E-state index contributed by atoms with van der Waals surface area (Å²) >= 11 is 0. The second-order valence-electron chi connectivity index (χ2n) is 4.65. The Bertz CT molecular complexity index is 557. The number of nitrogens with zero attached hydrogens (tertiary/aromatic N) is 1. The minimum atomic E-state index is -5.76. The molecule has 24 heavy (non-hydrogen) atoms. The van der Waals surface area contributed by atoms with Gasteiger partial charge in [-0.05, 0) is 30.7 Å². The molecule has 0 bridgehead atoms. The standard InChI is InChI=1S/C12H12F6N3O3/c1-2-10(11(13,14)15,12(16,17)18)20-9(22)19-7-3-5-8(6-4-7)21(23)24/h3-6,23H,2H2,1H3,(H2,19,20,22)/q-1. The molecule has 0 saturated carbocycles. The molecule has 0 heterocycles. The number of alkyl halides is 6. The summed E-state index contributed by atoms with van der Waals surface area (Å²) in [5.74, 6) is 0. The Morgan fingerprint density at radius 1 is 1.12 bits per heavy atom. The first kappa shape index (κ1) is 19.8. The van der Waals surface area contributed by atoms with Crippen molar-refractivity contribution in [3.8, 4) is 0 Å². The Labute approximate surface area is 131 Å². The summed E-state index contributed by atoms with van der Waals surface area (Å²) in [6, 6.07) is 2.25. The van der Waals surface area contributed by atoms with Gasteiger partial charge in [-0.2, -0.15) is 26.3 Å². The summed E-state index contributed by atoms with van der Waals surface area (Å²) in [7, 11) is 0. The van der Waals surface area contributed by atoms with E-state index in [2.05, 4.69) is 0 Å². The number of urea groups is 1. The number of anilines is 2. The van der Waals surface area contributed by atoms with Gasteiger partial charge >= 0.3 is 18.4 Å². The smallest absolute Gasteiger partial charge is 0.420 e. The Balaban J connectivity index is 2.97. The number of carbonyl (C=O) groups is 1. The lowest BCUT2D eigenvalue weighted by molar-refractivity contribution is -0.304. The average molecular weight is 360 g/mol. The maximum Gasteiger partial charge on any atom is 0.420 e. The Morgan fingerprint density at radius 3 is 1.92 bits per heavy atom. The van der Waals surface area contributed by atoms with Crippen molar-refractivity contribution >= 4 is 17.4 Å². The normalized spacial score (nSPS) is 12.7. The quantitative estimate of drug-likeness (QED) is 0.563. The van der Waals surface area contributed by atoms with Gasteiger partial charge in [0.2, 0.25) is 5.54 Å². The van der Waals surface area contributed by atoms with E-state index in [-0.39, 0.29) is 11.4 Å². The van der Waals surface area contributed by atoms with Crippen LogP contribution in [0, 0.1) is 5.21 Å². The van der Waals surface area contributed by atoms with E-state index >= 15 is 0 Å². The van der Waals surface area contributed by atoms with Gasteiger partial charge in [0.25, 0.3) is 0 Å². The number of rotatable bonds is 4. The molecule has 2 amide bonds. The van der Waals surface area contributed by atoms with E-state index < -0.39 is 35.6 Å². The minimum absolute atomic E-state index is 0.188.